The van der Waals surface area contributed by atoms with Gasteiger partial charge in [-0.15, -0.1) is 5.10 Å². The molecule has 30 heavy (non-hydrogen) atoms. The molecule has 0 radical (unpaired) electrons. The summed E-state index contributed by atoms with van der Waals surface area (Å²) in [4.78, 5) is 18.7. The molecule has 0 saturated carbocycles. The highest BCUT2D eigenvalue weighted by molar-refractivity contribution is 6.30. The van der Waals surface area contributed by atoms with Crippen molar-refractivity contribution in [2.24, 2.45) is 0 Å². The van der Waals surface area contributed by atoms with Crippen molar-refractivity contribution in [2.45, 2.75) is 39.3 Å². The van der Waals surface area contributed by atoms with E-state index in [0.717, 1.165) is 34.0 Å². The van der Waals surface area contributed by atoms with Gasteiger partial charge < -0.3 is 10.2 Å². The average molecular weight is 429 g/mol. The van der Waals surface area contributed by atoms with Crippen molar-refractivity contribution in [3.05, 3.63) is 63.9 Å². The molecule has 0 saturated heterocycles. The van der Waals surface area contributed by atoms with Crippen LogP contribution in [0, 0.1) is 12.7 Å². The lowest BCUT2D eigenvalue weighted by Crippen LogP contribution is -2.44. The fraction of sp³-hybridized carbons (Fsp3) is 0.333. The Hall–Kier alpha value is -3.00. The van der Waals surface area contributed by atoms with Gasteiger partial charge in [-0.25, -0.2) is 9.07 Å². The van der Waals surface area contributed by atoms with Crippen LogP contribution in [0.2, 0.25) is 5.02 Å². The van der Waals surface area contributed by atoms with Gasteiger partial charge in [-0.1, -0.05) is 16.8 Å². The summed E-state index contributed by atoms with van der Waals surface area (Å²) in [6.07, 6.45) is 3.20. The molecule has 7 nitrogen and oxygen atoms in total. The number of rotatable bonds is 5. The first kappa shape index (κ1) is 20.3. The minimum Gasteiger partial charge on any atom is -0.361 e. The van der Waals surface area contributed by atoms with Crippen LogP contribution in [0.3, 0.4) is 0 Å². The van der Waals surface area contributed by atoms with E-state index in [4.69, 9.17) is 11.6 Å². The number of benzene rings is 1. The number of halogens is 2. The van der Waals surface area contributed by atoms with Gasteiger partial charge >= 0.3 is 0 Å². The Kier molecular flexibility index (Phi) is 5.42. The number of carbonyl (C=O) groups excluding carboxylic acids is 1. The van der Waals surface area contributed by atoms with Gasteiger partial charge in [0.25, 0.3) is 0 Å². The molecule has 2 aromatic heterocycles. The van der Waals surface area contributed by atoms with E-state index in [1.54, 1.807) is 10.7 Å². The summed E-state index contributed by atoms with van der Waals surface area (Å²) in [6.45, 7) is 4.16. The summed E-state index contributed by atoms with van der Waals surface area (Å²) in [7, 11) is 1.91. The Morgan fingerprint density at radius 3 is 2.73 bits per heavy atom. The number of nitrogens with zero attached hydrogens (tertiary/aromatic N) is 5. The van der Waals surface area contributed by atoms with Gasteiger partial charge in [0.05, 0.1) is 29.3 Å². The minimum absolute atomic E-state index is 0.0288. The standard InChI is InChI=1S/C21H22ClFN6O/c1-12-20-19(28(3)13(2)21(30)25-20)9-17(24-12)4-5-18-11-29(27-26-18)10-14-6-15(22)8-16(23)7-14/h6-9,11,13H,4-5,10H2,1-3H3,(H,25,30)/t13-/m0/s1. The summed E-state index contributed by atoms with van der Waals surface area (Å²) < 4.78 is 15.2. The van der Waals surface area contributed by atoms with Crippen LogP contribution in [0.1, 0.15) is 29.6 Å². The number of hydrogen-bond acceptors (Lipinski definition) is 5. The molecule has 3 heterocycles. The fourth-order valence-electron chi connectivity index (χ4n) is 3.57. The molecule has 1 amide bonds. The van der Waals surface area contributed by atoms with Crippen molar-refractivity contribution in [3.63, 3.8) is 0 Å². The third-order valence-electron chi connectivity index (χ3n) is 5.31. The average Bonchev–Trinajstić information content (AvgIpc) is 3.12. The van der Waals surface area contributed by atoms with Gasteiger partial charge in [0.1, 0.15) is 11.9 Å². The number of amides is 1. The SMILES string of the molecule is Cc1nc(CCc2cn(Cc3cc(F)cc(Cl)c3)nn2)cc2c1NC(=O)[C@H](C)N2C. The largest absolute Gasteiger partial charge is 0.361 e. The van der Waals surface area contributed by atoms with Crippen molar-refractivity contribution < 1.29 is 9.18 Å². The molecular formula is C21H22ClFN6O. The van der Waals surface area contributed by atoms with Crippen LogP contribution in [0.4, 0.5) is 15.8 Å². The molecule has 0 aliphatic carbocycles. The molecule has 0 bridgehead atoms. The van der Waals surface area contributed by atoms with Gasteiger partial charge in [-0.05, 0) is 56.5 Å². The quantitative estimate of drug-likeness (QED) is 0.674. The number of nitrogens with one attached hydrogen (secondary N) is 1. The lowest BCUT2D eigenvalue weighted by molar-refractivity contribution is -0.117. The molecule has 4 rings (SSSR count). The zero-order chi connectivity index (χ0) is 21.4. The molecule has 1 aliphatic heterocycles. The topological polar surface area (TPSA) is 75.9 Å². The second-order valence-corrected chi connectivity index (χ2v) is 7.99. The van der Waals surface area contributed by atoms with E-state index in [9.17, 15) is 9.18 Å². The minimum atomic E-state index is -0.373. The predicted octanol–water partition coefficient (Wildman–Crippen LogP) is 3.38. The van der Waals surface area contributed by atoms with Crippen LogP contribution in [-0.4, -0.2) is 39.0 Å². The molecule has 1 atom stereocenters. The van der Waals surface area contributed by atoms with E-state index in [2.05, 4.69) is 20.6 Å². The molecule has 3 aromatic rings. The first-order valence-corrected chi connectivity index (χ1v) is 10.1. The third-order valence-corrected chi connectivity index (χ3v) is 5.53. The van der Waals surface area contributed by atoms with Crippen molar-refractivity contribution in [1.29, 1.82) is 0 Å². The second kappa shape index (κ2) is 8.02. The van der Waals surface area contributed by atoms with Crippen molar-refractivity contribution >= 4 is 28.9 Å². The van der Waals surface area contributed by atoms with Gasteiger partial charge in [0.15, 0.2) is 0 Å². The lowest BCUT2D eigenvalue weighted by atomic mass is 10.1. The number of pyridine rings is 1. The Bertz CT molecular complexity index is 1090. The van der Waals surface area contributed by atoms with Crippen LogP contribution in [0.15, 0.2) is 30.5 Å². The molecule has 0 spiro atoms. The number of likely N-dealkylation sites (N-methyl/N-ethyl adjacent to an activating group) is 1. The maximum absolute atomic E-state index is 13.5. The molecule has 1 N–H and O–H groups in total. The Morgan fingerprint density at radius 2 is 1.97 bits per heavy atom. The van der Waals surface area contributed by atoms with Gasteiger partial charge in [-0.2, -0.15) is 0 Å². The maximum atomic E-state index is 13.5. The zero-order valence-electron chi connectivity index (χ0n) is 17.0. The molecule has 0 fully saturated rings. The number of hydrogen-bond donors (Lipinski definition) is 1. The zero-order valence-corrected chi connectivity index (χ0v) is 17.7. The highest BCUT2D eigenvalue weighted by atomic mass is 35.5. The van der Waals surface area contributed by atoms with Gasteiger partial charge in [-0.3, -0.25) is 9.78 Å². The van der Waals surface area contributed by atoms with E-state index in [-0.39, 0.29) is 17.8 Å². The van der Waals surface area contributed by atoms with E-state index in [1.807, 2.05) is 38.1 Å². The number of aromatic nitrogens is 4. The van der Waals surface area contributed by atoms with Crippen LogP contribution < -0.4 is 10.2 Å². The third kappa shape index (κ3) is 4.14. The van der Waals surface area contributed by atoms with Crippen LogP contribution in [0.5, 0.6) is 0 Å². The molecule has 156 valence electrons. The van der Waals surface area contributed by atoms with E-state index in [0.29, 0.717) is 24.4 Å². The maximum Gasteiger partial charge on any atom is 0.246 e. The summed E-state index contributed by atoms with van der Waals surface area (Å²) in [5, 5.41) is 11.6. The summed E-state index contributed by atoms with van der Waals surface area (Å²) >= 11 is 5.91. The van der Waals surface area contributed by atoms with Crippen molar-refractivity contribution in [2.75, 3.05) is 17.3 Å². The van der Waals surface area contributed by atoms with Crippen LogP contribution >= 0.6 is 11.6 Å². The molecule has 1 aromatic carbocycles. The fourth-order valence-corrected chi connectivity index (χ4v) is 3.81. The van der Waals surface area contributed by atoms with E-state index < -0.39 is 0 Å². The first-order chi connectivity index (χ1) is 14.3. The molecule has 1 aliphatic rings. The van der Waals surface area contributed by atoms with E-state index in [1.165, 1.54) is 12.1 Å². The Balaban J connectivity index is 1.46. The van der Waals surface area contributed by atoms with Crippen LogP contribution in [-0.2, 0) is 24.2 Å². The Labute approximate surface area is 178 Å². The molecule has 0 unspecified atom stereocenters. The summed E-state index contributed by atoms with van der Waals surface area (Å²) in [5.41, 5.74) is 5.00. The van der Waals surface area contributed by atoms with E-state index >= 15 is 0 Å². The number of fused-ring (bicyclic) bond motifs is 1. The molecular weight excluding hydrogens is 407 g/mol. The first-order valence-electron chi connectivity index (χ1n) is 9.68. The van der Waals surface area contributed by atoms with Crippen molar-refractivity contribution in [1.82, 2.24) is 20.0 Å². The molecule has 9 heteroatoms. The predicted molar refractivity (Wildman–Crippen MR) is 113 cm³/mol. The number of anilines is 2. The van der Waals surface area contributed by atoms with Crippen LogP contribution in [0.25, 0.3) is 0 Å². The lowest BCUT2D eigenvalue weighted by Gasteiger charge is -2.34. The summed E-state index contributed by atoms with van der Waals surface area (Å²) in [5.74, 6) is -0.402. The van der Waals surface area contributed by atoms with Gasteiger partial charge in [0, 0.05) is 24.0 Å². The second-order valence-electron chi connectivity index (χ2n) is 7.55. The smallest absolute Gasteiger partial charge is 0.246 e. The van der Waals surface area contributed by atoms with Gasteiger partial charge in [0.2, 0.25) is 5.91 Å². The normalized spacial score (nSPS) is 15.8. The highest BCUT2D eigenvalue weighted by Gasteiger charge is 2.28. The highest BCUT2D eigenvalue weighted by Crippen LogP contribution is 2.33. The Morgan fingerprint density at radius 1 is 1.20 bits per heavy atom. The number of carbonyl (C=O) groups is 1. The number of aryl methyl sites for hydroxylation is 3. The summed E-state index contributed by atoms with van der Waals surface area (Å²) in [6, 6.07) is 6.20. The van der Waals surface area contributed by atoms with Crippen molar-refractivity contribution in [3.8, 4) is 0 Å². The monoisotopic (exact) mass is 428 g/mol.